The summed E-state index contributed by atoms with van der Waals surface area (Å²) in [4.78, 5) is 0. The summed E-state index contributed by atoms with van der Waals surface area (Å²) in [5.74, 6) is -5.99. The van der Waals surface area contributed by atoms with E-state index >= 15 is 0 Å². The monoisotopic (exact) mass is 988 g/mol. The summed E-state index contributed by atoms with van der Waals surface area (Å²) < 4.78 is 60.6. The molecule has 2 aliphatic heterocycles. The first kappa shape index (κ1) is 51.9. The Balaban J connectivity index is 1.15. The van der Waals surface area contributed by atoms with Gasteiger partial charge in [0.25, 0.3) is 11.6 Å². The van der Waals surface area contributed by atoms with Crippen LogP contribution in [0.5, 0.6) is 0 Å². The lowest BCUT2D eigenvalue weighted by Crippen LogP contribution is -2.82. The number of aliphatic hydroxyl groups excluding tert-OH is 1. The van der Waals surface area contributed by atoms with Crippen LogP contribution in [0, 0.1) is 0 Å². The number of hydrogen-bond donors (Lipinski definition) is 3. The summed E-state index contributed by atoms with van der Waals surface area (Å²) in [6.45, 7) is 0.251. The lowest BCUT2D eigenvalue weighted by Gasteiger charge is -2.59. The third-order valence-corrected chi connectivity index (χ3v) is 13.2. The number of aliphatic hydroxyl groups is 3. The van der Waals surface area contributed by atoms with Crippen LogP contribution in [0.3, 0.4) is 0 Å². The lowest BCUT2D eigenvalue weighted by atomic mass is 9.80. The van der Waals surface area contributed by atoms with E-state index in [0.29, 0.717) is 0 Å². The van der Waals surface area contributed by atoms with Gasteiger partial charge < -0.3 is 58.0 Å². The highest BCUT2D eigenvalue weighted by Gasteiger charge is 2.73. The van der Waals surface area contributed by atoms with Crippen molar-refractivity contribution in [3.05, 3.63) is 251 Å². The van der Waals surface area contributed by atoms with Crippen LogP contribution in [0.4, 0.5) is 0 Å². The Bertz CT molecular complexity index is 2640. The maximum absolute atomic E-state index is 13.9. The molecule has 0 saturated carbocycles. The minimum atomic E-state index is -3.04. The molecule has 7 aromatic rings. The quantitative estimate of drug-likeness (QED) is 0.0532. The zero-order chi connectivity index (χ0) is 50.1. The molecule has 0 bridgehead atoms. The maximum atomic E-state index is 13.9. The molecule has 2 aliphatic rings. The number of rotatable bonds is 24. The summed E-state index contributed by atoms with van der Waals surface area (Å²) in [6, 6.07) is 67.0. The van der Waals surface area contributed by atoms with Gasteiger partial charge in [0.2, 0.25) is 0 Å². The zero-order valence-corrected chi connectivity index (χ0v) is 40.7. The molecule has 0 amide bonds. The second-order valence-corrected chi connectivity index (χ2v) is 18.4. The SMILES string of the molecule is O[C@@H]1[C@@H](OCc2ccccc2)[C@H](OCc2ccccc2)[C@@H](COCc2ccccc2)O[C@@]1(O)[C@]1(O)O[C@H](COCc2ccccc2)[C@@H](OCc2ccccc2)[C@H](OCc2ccccc2)[C@H]1OCc1ccccc1. The summed E-state index contributed by atoms with van der Waals surface area (Å²) in [7, 11) is 0. The van der Waals surface area contributed by atoms with Gasteiger partial charge in [-0.15, -0.1) is 0 Å². The summed E-state index contributed by atoms with van der Waals surface area (Å²) >= 11 is 0. The molecule has 12 nitrogen and oxygen atoms in total. The van der Waals surface area contributed by atoms with Crippen LogP contribution < -0.4 is 0 Å². The van der Waals surface area contributed by atoms with Crippen molar-refractivity contribution in [1.29, 1.82) is 0 Å². The summed E-state index contributed by atoms with van der Waals surface area (Å²) in [5, 5.41) is 40.7. The highest BCUT2D eigenvalue weighted by atomic mass is 16.8. The molecule has 0 radical (unpaired) electrons. The number of ether oxygens (including phenoxy) is 9. The van der Waals surface area contributed by atoms with Gasteiger partial charge in [-0.2, -0.15) is 0 Å². The fraction of sp³-hybridized carbons (Fsp3) is 0.311. The fourth-order valence-corrected chi connectivity index (χ4v) is 9.34. The highest BCUT2D eigenvalue weighted by molar-refractivity contribution is 5.21. The molecule has 73 heavy (non-hydrogen) atoms. The second kappa shape index (κ2) is 25.8. The van der Waals surface area contributed by atoms with Crippen molar-refractivity contribution in [2.24, 2.45) is 0 Å². The molecule has 9 rings (SSSR count). The van der Waals surface area contributed by atoms with Crippen LogP contribution in [0.2, 0.25) is 0 Å². The average Bonchev–Trinajstić information content (AvgIpc) is 3.44. The molecule has 2 saturated heterocycles. The normalized spacial score (nSPS) is 26.1. The van der Waals surface area contributed by atoms with E-state index in [1.807, 2.05) is 212 Å². The van der Waals surface area contributed by atoms with Crippen molar-refractivity contribution >= 4 is 0 Å². The Hall–Kier alpha value is -5.94. The van der Waals surface area contributed by atoms with E-state index in [0.717, 1.165) is 38.9 Å². The van der Waals surface area contributed by atoms with Gasteiger partial charge in [0.05, 0.1) is 59.5 Å². The Morgan fingerprint density at radius 2 is 0.575 bits per heavy atom. The number of benzene rings is 7. The largest absolute Gasteiger partial charge is 0.384 e. The molecule has 10 atom stereocenters. The van der Waals surface area contributed by atoms with Crippen LogP contribution in [0.25, 0.3) is 0 Å². The van der Waals surface area contributed by atoms with E-state index in [2.05, 4.69) is 0 Å². The predicted octanol–water partition coefficient (Wildman–Crippen LogP) is 8.88. The van der Waals surface area contributed by atoms with Gasteiger partial charge in [-0.05, 0) is 38.9 Å². The van der Waals surface area contributed by atoms with Crippen LogP contribution in [-0.2, 0) is 88.9 Å². The van der Waals surface area contributed by atoms with Crippen molar-refractivity contribution in [2.75, 3.05) is 13.2 Å². The molecule has 0 unspecified atom stereocenters. The standard InChI is InChI=1S/C61H64O12/c62-58-56(69-40-49-30-16-5-17-31-49)54(67-38-47-26-12-3-13-27-47)52(43-65-36-45-22-8-1-9-23-45)72-60(58,63)61(64)59(71-42-51-34-20-7-21-35-51)57(70-41-50-32-18-6-19-33-50)55(68-39-48-28-14-4-15-29-48)53(73-61)44-66-37-46-24-10-2-11-25-46/h1-35,52-59,62-64H,36-44H2/t52-,53-,54-,55-,56+,57+,58-,59-,60-,61-/m1/s1. The van der Waals surface area contributed by atoms with Crippen molar-refractivity contribution < 1.29 is 58.0 Å². The third-order valence-electron chi connectivity index (χ3n) is 13.2. The lowest BCUT2D eigenvalue weighted by molar-refractivity contribution is -0.498. The summed E-state index contributed by atoms with van der Waals surface area (Å²) in [5.41, 5.74) is 5.90. The zero-order valence-electron chi connectivity index (χ0n) is 40.7. The molecule has 12 heteroatoms. The molecule has 3 N–H and O–H groups in total. The van der Waals surface area contributed by atoms with Crippen LogP contribution in [-0.4, -0.2) is 88.9 Å². The minimum absolute atomic E-state index is 0.00280. The number of hydrogen-bond acceptors (Lipinski definition) is 12. The van der Waals surface area contributed by atoms with E-state index in [9.17, 15) is 15.3 Å². The van der Waals surface area contributed by atoms with E-state index in [4.69, 9.17) is 42.6 Å². The fourth-order valence-electron chi connectivity index (χ4n) is 9.34. The average molecular weight is 989 g/mol. The van der Waals surface area contributed by atoms with Crippen molar-refractivity contribution in [2.45, 2.75) is 107 Å². The van der Waals surface area contributed by atoms with Gasteiger partial charge in [-0.3, -0.25) is 0 Å². The molecule has 0 aliphatic carbocycles. The van der Waals surface area contributed by atoms with Gasteiger partial charge in [0.1, 0.15) is 48.8 Å². The van der Waals surface area contributed by atoms with Gasteiger partial charge in [-0.25, -0.2) is 0 Å². The molecule has 2 heterocycles. The smallest absolute Gasteiger partial charge is 0.254 e. The first-order valence-corrected chi connectivity index (χ1v) is 24.9. The van der Waals surface area contributed by atoms with Gasteiger partial charge in [0, 0.05) is 0 Å². The van der Waals surface area contributed by atoms with E-state index in [1.54, 1.807) is 0 Å². The first-order chi connectivity index (χ1) is 35.9. The minimum Gasteiger partial charge on any atom is -0.384 e. The summed E-state index contributed by atoms with van der Waals surface area (Å²) in [6.07, 6.45) is -10.7. The van der Waals surface area contributed by atoms with E-state index < -0.39 is 60.4 Å². The second-order valence-electron chi connectivity index (χ2n) is 18.4. The van der Waals surface area contributed by atoms with Crippen molar-refractivity contribution in [3.63, 3.8) is 0 Å². The maximum Gasteiger partial charge on any atom is 0.254 e. The molecular formula is C61H64O12. The molecule has 0 spiro atoms. The van der Waals surface area contributed by atoms with Crippen molar-refractivity contribution in [1.82, 2.24) is 0 Å². The van der Waals surface area contributed by atoms with Crippen LogP contribution in [0.15, 0.2) is 212 Å². The van der Waals surface area contributed by atoms with Crippen LogP contribution >= 0.6 is 0 Å². The van der Waals surface area contributed by atoms with Crippen LogP contribution in [0.1, 0.15) is 38.9 Å². The topological polar surface area (TPSA) is 144 Å². The Labute approximate surface area is 427 Å². The third kappa shape index (κ3) is 13.4. The van der Waals surface area contributed by atoms with E-state index in [-0.39, 0.29) is 59.5 Å². The molecule has 380 valence electrons. The van der Waals surface area contributed by atoms with Gasteiger partial charge >= 0.3 is 0 Å². The molecule has 7 aromatic carbocycles. The van der Waals surface area contributed by atoms with Crippen molar-refractivity contribution in [3.8, 4) is 0 Å². The Kier molecular flexibility index (Phi) is 18.4. The Morgan fingerprint density at radius 1 is 0.315 bits per heavy atom. The molecular weight excluding hydrogens is 925 g/mol. The van der Waals surface area contributed by atoms with Gasteiger partial charge in [0.15, 0.2) is 0 Å². The predicted molar refractivity (Wildman–Crippen MR) is 273 cm³/mol. The molecule has 0 aromatic heterocycles. The Morgan fingerprint density at radius 3 is 0.918 bits per heavy atom. The highest BCUT2D eigenvalue weighted by Crippen LogP contribution is 2.48. The first-order valence-electron chi connectivity index (χ1n) is 24.9. The van der Waals surface area contributed by atoms with Gasteiger partial charge in [-0.1, -0.05) is 212 Å². The molecule has 2 fully saturated rings. The van der Waals surface area contributed by atoms with E-state index in [1.165, 1.54) is 0 Å².